The number of rotatable bonds is 9. The Morgan fingerprint density at radius 2 is 1.92 bits per heavy atom. The lowest BCUT2D eigenvalue weighted by atomic mass is 9.83. The molecule has 36 heavy (non-hydrogen) atoms. The Morgan fingerprint density at radius 1 is 1.11 bits per heavy atom. The maximum absolute atomic E-state index is 13.2. The number of amides is 3. The molecule has 2 aliphatic rings. The van der Waals surface area contributed by atoms with Gasteiger partial charge in [-0.3, -0.25) is 9.59 Å². The molecule has 0 unspecified atom stereocenters. The number of nitrogens with one attached hydrogen (secondary N) is 2. The highest BCUT2D eigenvalue weighted by atomic mass is 32.2. The zero-order chi connectivity index (χ0) is 25.7. The monoisotopic (exact) mass is 514 g/mol. The van der Waals surface area contributed by atoms with Crippen molar-refractivity contribution in [2.75, 3.05) is 39.3 Å². The molecule has 2 bridgehead atoms. The molecule has 2 aromatic rings. The van der Waals surface area contributed by atoms with E-state index in [1.807, 2.05) is 29.0 Å². The van der Waals surface area contributed by atoms with Crippen LogP contribution in [0.25, 0.3) is 0 Å². The number of pyridine rings is 1. The van der Waals surface area contributed by atoms with Crippen LogP contribution < -0.4 is 25.7 Å². The molecule has 1 fully saturated rings. The van der Waals surface area contributed by atoms with E-state index in [4.69, 9.17) is 9.47 Å². The molecule has 4 rings (SSSR count). The number of likely N-dealkylation sites (tertiary alicyclic amines) is 1. The van der Waals surface area contributed by atoms with E-state index in [2.05, 4.69) is 10.6 Å². The number of thioether (sulfide) groups is 1. The number of hydrogen-bond donors (Lipinski definition) is 2. The van der Waals surface area contributed by atoms with Gasteiger partial charge in [0.25, 0.3) is 5.56 Å². The Kier molecular flexibility index (Phi) is 8.45. The Bertz CT molecular complexity index is 1150. The Hall–Kier alpha value is -3.14. The van der Waals surface area contributed by atoms with Crippen LogP contribution in [0.1, 0.15) is 30.0 Å². The zero-order valence-corrected chi connectivity index (χ0v) is 21.8. The molecule has 1 aromatic heterocycles. The first-order valence-electron chi connectivity index (χ1n) is 12.2. The van der Waals surface area contributed by atoms with E-state index in [1.54, 1.807) is 49.1 Å². The summed E-state index contributed by atoms with van der Waals surface area (Å²) in [5, 5.41) is 5.92. The molecular formula is C26H34N4O5S. The standard InChI is InChI=1S/C26H34N4O5S/c1-34-22-8-7-17(12-23(22)35-2)13-27-25(32)20(9-10-36-3)28-26(33)29-14-18-11-19(16-29)21-5-4-6-24(31)30(21)15-18/h4-8,12,18-20H,9-11,13-16H2,1-3H3,(H,27,32)(H,28,33)/t18-,19-,20-/m0/s1. The first kappa shape index (κ1) is 25.9. The van der Waals surface area contributed by atoms with Gasteiger partial charge in [-0.25, -0.2) is 4.79 Å². The fourth-order valence-corrected chi connectivity index (χ4v) is 5.58. The van der Waals surface area contributed by atoms with Crippen molar-refractivity contribution in [3.63, 3.8) is 0 Å². The SMILES string of the molecule is COc1ccc(CNC(=O)[C@H](CCSC)NC(=O)N2C[C@@H]3C[C@@H](C2)c2cccc(=O)n2C3)cc1OC. The van der Waals surface area contributed by atoms with Crippen LogP contribution in [0.15, 0.2) is 41.2 Å². The number of aromatic nitrogens is 1. The normalized spacial score (nSPS) is 19.1. The fraction of sp³-hybridized carbons (Fsp3) is 0.500. The van der Waals surface area contributed by atoms with Gasteiger partial charge in [0.05, 0.1) is 14.2 Å². The molecule has 1 aromatic carbocycles. The second kappa shape index (κ2) is 11.7. The van der Waals surface area contributed by atoms with E-state index in [-0.39, 0.29) is 29.3 Å². The van der Waals surface area contributed by atoms with Gasteiger partial charge in [-0.05, 0) is 54.5 Å². The summed E-state index contributed by atoms with van der Waals surface area (Å²) in [6.45, 7) is 2.04. The average Bonchev–Trinajstić information content (AvgIpc) is 2.89. The van der Waals surface area contributed by atoms with E-state index in [0.29, 0.717) is 44.1 Å². The maximum Gasteiger partial charge on any atom is 0.318 e. The van der Waals surface area contributed by atoms with Crippen molar-refractivity contribution in [1.82, 2.24) is 20.1 Å². The molecule has 2 aliphatic heterocycles. The van der Waals surface area contributed by atoms with Crippen molar-refractivity contribution >= 4 is 23.7 Å². The third kappa shape index (κ3) is 5.80. The van der Waals surface area contributed by atoms with Crippen molar-refractivity contribution in [1.29, 1.82) is 0 Å². The molecule has 9 nitrogen and oxygen atoms in total. The quantitative estimate of drug-likeness (QED) is 0.533. The molecule has 0 aliphatic carbocycles. The minimum absolute atomic E-state index is 0.0170. The summed E-state index contributed by atoms with van der Waals surface area (Å²) in [5.41, 5.74) is 1.87. The summed E-state index contributed by atoms with van der Waals surface area (Å²) in [6.07, 6.45) is 3.48. The highest BCUT2D eigenvalue weighted by Gasteiger charge is 2.37. The first-order valence-corrected chi connectivity index (χ1v) is 13.6. The van der Waals surface area contributed by atoms with Gasteiger partial charge in [-0.2, -0.15) is 11.8 Å². The number of urea groups is 1. The van der Waals surface area contributed by atoms with Crippen LogP contribution in [0.2, 0.25) is 0 Å². The van der Waals surface area contributed by atoms with Gasteiger partial charge >= 0.3 is 6.03 Å². The van der Waals surface area contributed by atoms with E-state index < -0.39 is 6.04 Å². The summed E-state index contributed by atoms with van der Waals surface area (Å²) in [5.74, 6) is 2.09. The van der Waals surface area contributed by atoms with Gasteiger partial charge in [0.15, 0.2) is 11.5 Å². The van der Waals surface area contributed by atoms with Crippen LogP contribution in [0.3, 0.4) is 0 Å². The molecule has 3 amide bonds. The molecule has 0 radical (unpaired) electrons. The van der Waals surface area contributed by atoms with Crippen molar-refractivity contribution in [2.45, 2.75) is 37.9 Å². The number of nitrogens with zero attached hydrogens (tertiary/aromatic N) is 2. The van der Waals surface area contributed by atoms with E-state index >= 15 is 0 Å². The van der Waals surface area contributed by atoms with Crippen molar-refractivity contribution in [3.05, 3.63) is 58.0 Å². The molecule has 3 atom stereocenters. The fourth-order valence-electron chi connectivity index (χ4n) is 5.11. The Morgan fingerprint density at radius 3 is 2.67 bits per heavy atom. The minimum Gasteiger partial charge on any atom is -0.493 e. The average molecular weight is 515 g/mol. The summed E-state index contributed by atoms with van der Waals surface area (Å²) in [4.78, 5) is 40.4. The van der Waals surface area contributed by atoms with Crippen LogP contribution in [-0.2, 0) is 17.9 Å². The second-order valence-electron chi connectivity index (χ2n) is 9.29. The van der Waals surface area contributed by atoms with E-state index in [1.165, 1.54) is 0 Å². The van der Waals surface area contributed by atoms with Crippen LogP contribution in [0, 0.1) is 5.92 Å². The highest BCUT2D eigenvalue weighted by Crippen LogP contribution is 2.35. The largest absolute Gasteiger partial charge is 0.493 e. The van der Waals surface area contributed by atoms with Gasteiger partial charge in [-0.15, -0.1) is 0 Å². The van der Waals surface area contributed by atoms with Crippen molar-refractivity contribution in [2.24, 2.45) is 5.92 Å². The molecule has 0 saturated carbocycles. The lowest BCUT2D eigenvalue weighted by Crippen LogP contribution is -2.56. The summed E-state index contributed by atoms with van der Waals surface area (Å²) >= 11 is 1.63. The van der Waals surface area contributed by atoms with Crippen LogP contribution in [-0.4, -0.2) is 66.8 Å². The topological polar surface area (TPSA) is 102 Å². The lowest BCUT2D eigenvalue weighted by molar-refractivity contribution is -0.123. The molecular weight excluding hydrogens is 480 g/mol. The second-order valence-corrected chi connectivity index (χ2v) is 10.3. The Balaban J connectivity index is 1.39. The smallest absolute Gasteiger partial charge is 0.318 e. The van der Waals surface area contributed by atoms with Gasteiger partial charge < -0.3 is 29.6 Å². The van der Waals surface area contributed by atoms with Crippen molar-refractivity contribution in [3.8, 4) is 11.5 Å². The Labute approximate surface area is 215 Å². The summed E-state index contributed by atoms with van der Waals surface area (Å²) in [7, 11) is 3.15. The molecule has 10 heteroatoms. The molecule has 2 N–H and O–H groups in total. The predicted molar refractivity (Wildman–Crippen MR) is 140 cm³/mol. The molecule has 194 valence electrons. The summed E-state index contributed by atoms with van der Waals surface area (Å²) in [6, 6.07) is 9.97. The van der Waals surface area contributed by atoms with Gasteiger partial charge in [0.2, 0.25) is 5.91 Å². The number of carbonyl (C=O) groups excluding carboxylic acids is 2. The first-order chi connectivity index (χ1) is 17.4. The van der Waals surface area contributed by atoms with Crippen LogP contribution in [0.4, 0.5) is 4.79 Å². The van der Waals surface area contributed by atoms with E-state index in [9.17, 15) is 14.4 Å². The number of benzene rings is 1. The number of piperidine rings is 1. The number of fused-ring (bicyclic) bond motifs is 4. The van der Waals surface area contributed by atoms with Crippen molar-refractivity contribution < 1.29 is 19.1 Å². The predicted octanol–water partition coefficient (Wildman–Crippen LogP) is 2.43. The minimum atomic E-state index is -0.637. The van der Waals surface area contributed by atoms with Crippen LogP contribution >= 0.6 is 11.8 Å². The van der Waals surface area contributed by atoms with E-state index in [0.717, 1.165) is 23.4 Å². The van der Waals surface area contributed by atoms with Gasteiger partial charge in [-0.1, -0.05) is 12.1 Å². The number of methoxy groups -OCH3 is 2. The number of hydrogen-bond acceptors (Lipinski definition) is 6. The number of carbonyl (C=O) groups is 2. The van der Waals surface area contributed by atoms with Gasteiger partial charge in [0, 0.05) is 43.9 Å². The highest BCUT2D eigenvalue weighted by molar-refractivity contribution is 7.98. The van der Waals surface area contributed by atoms with Crippen LogP contribution in [0.5, 0.6) is 11.5 Å². The third-order valence-electron chi connectivity index (χ3n) is 6.91. The molecule has 3 heterocycles. The van der Waals surface area contributed by atoms with Gasteiger partial charge in [0.1, 0.15) is 6.04 Å². The maximum atomic E-state index is 13.2. The molecule has 0 spiro atoms. The lowest BCUT2D eigenvalue weighted by Gasteiger charge is -2.43. The number of ether oxygens (including phenoxy) is 2. The third-order valence-corrected chi connectivity index (χ3v) is 7.55. The zero-order valence-electron chi connectivity index (χ0n) is 21.0. The summed E-state index contributed by atoms with van der Waals surface area (Å²) < 4.78 is 12.5. The molecule has 1 saturated heterocycles.